The van der Waals surface area contributed by atoms with Gasteiger partial charge in [-0.3, -0.25) is 4.79 Å². The topological polar surface area (TPSA) is 89.0 Å². The molecule has 1 aliphatic rings. The lowest BCUT2D eigenvalue weighted by molar-refractivity contribution is 0.0512. The monoisotopic (exact) mass is 347 g/mol. The Morgan fingerprint density at radius 3 is 2.79 bits per heavy atom. The quantitative estimate of drug-likeness (QED) is 0.820. The van der Waals surface area contributed by atoms with Crippen LogP contribution in [-0.2, 0) is 4.74 Å². The molecule has 0 unspecified atom stereocenters. The van der Waals surface area contributed by atoms with Crippen LogP contribution in [0.15, 0.2) is 24.7 Å². The van der Waals surface area contributed by atoms with Crippen molar-refractivity contribution < 1.29 is 9.53 Å². The van der Waals surface area contributed by atoms with Gasteiger partial charge in [0.05, 0.1) is 12.8 Å². The van der Waals surface area contributed by atoms with Gasteiger partial charge in [0.2, 0.25) is 0 Å². The second kappa shape index (κ2) is 7.78. The molecule has 1 aliphatic heterocycles. The van der Waals surface area contributed by atoms with Gasteiger partial charge in [-0.2, -0.15) is 0 Å². The molecule has 2 N–H and O–H groups in total. The Balaban J connectivity index is 1.63. The molecule has 2 aromatic rings. The zero-order valence-corrected chi connectivity index (χ0v) is 14.4. The fourth-order valence-electron chi connectivity index (χ4n) is 2.88. The molecular weight excluding hydrogens is 326 g/mol. The first-order valence-corrected chi connectivity index (χ1v) is 8.75. The standard InChI is InChI=1S/C16H21N5O2S/c1-23-11-16(3-7-17-8-4-16)10-21-14(22)12-9-20-15(24-12)13-18-5-2-6-19-13/h2,5-6,9,17H,3-4,7-8,10-11H2,1H3,(H,21,22). The van der Waals surface area contributed by atoms with Gasteiger partial charge in [0, 0.05) is 31.5 Å². The van der Waals surface area contributed by atoms with Gasteiger partial charge in [-0.1, -0.05) is 0 Å². The highest BCUT2D eigenvalue weighted by Crippen LogP contribution is 2.28. The summed E-state index contributed by atoms with van der Waals surface area (Å²) in [5, 5.41) is 7.04. The number of carbonyl (C=O) groups excluding carboxylic acids is 1. The molecule has 0 atom stereocenters. The first-order chi connectivity index (χ1) is 11.7. The molecule has 3 heterocycles. The zero-order chi connectivity index (χ0) is 16.8. The van der Waals surface area contributed by atoms with Crippen molar-refractivity contribution >= 4 is 17.2 Å². The van der Waals surface area contributed by atoms with Gasteiger partial charge in [0.15, 0.2) is 10.8 Å². The molecule has 0 spiro atoms. The van der Waals surface area contributed by atoms with E-state index in [0.29, 0.717) is 28.9 Å². The molecule has 3 rings (SSSR count). The number of ether oxygens (including phenoxy) is 1. The number of piperidine rings is 1. The second-order valence-electron chi connectivity index (χ2n) is 5.97. The van der Waals surface area contributed by atoms with Gasteiger partial charge in [0.25, 0.3) is 5.91 Å². The summed E-state index contributed by atoms with van der Waals surface area (Å²) in [6, 6.07) is 1.75. The van der Waals surface area contributed by atoms with Crippen LogP contribution < -0.4 is 10.6 Å². The van der Waals surface area contributed by atoms with Crippen LogP contribution >= 0.6 is 11.3 Å². The Morgan fingerprint density at radius 1 is 1.33 bits per heavy atom. The Hall–Kier alpha value is -1.90. The lowest BCUT2D eigenvalue weighted by Crippen LogP contribution is -2.47. The lowest BCUT2D eigenvalue weighted by atomic mass is 9.79. The van der Waals surface area contributed by atoms with E-state index in [9.17, 15) is 4.79 Å². The van der Waals surface area contributed by atoms with Gasteiger partial charge in [-0.25, -0.2) is 15.0 Å². The summed E-state index contributed by atoms with van der Waals surface area (Å²) in [6.45, 7) is 3.17. The van der Waals surface area contributed by atoms with Crippen LogP contribution in [0.25, 0.3) is 10.8 Å². The summed E-state index contributed by atoms with van der Waals surface area (Å²) >= 11 is 1.30. The first kappa shape index (κ1) is 16.9. The van der Waals surface area contributed by atoms with Gasteiger partial charge in [-0.15, -0.1) is 11.3 Å². The molecule has 0 saturated carbocycles. The predicted octanol–water partition coefficient (Wildman–Crippen LogP) is 1.35. The summed E-state index contributed by atoms with van der Waals surface area (Å²) in [5.41, 5.74) is 0.00567. The maximum absolute atomic E-state index is 12.4. The van der Waals surface area contributed by atoms with Gasteiger partial charge in [-0.05, 0) is 32.0 Å². The average molecular weight is 347 g/mol. The molecule has 1 fully saturated rings. The van der Waals surface area contributed by atoms with Crippen LogP contribution in [0.1, 0.15) is 22.5 Å². The van der Waals surface area contributed by atoms with Crippen molar-refractivity contribution in [3.05, 3.63) is 29.5 Å². The van der Waals surface area contributed by atoms with Crippen LogP contribution in [0.5, 0.6) is 0 Å². The zero-order valence-electron chi connectivity index (χ0n) is 13.6. The van der Waals surface area contributed by atoms with E-state index in [0.717, 1.165) is 25.9 Å². The van der Waals surface area contributed by atoms with Gasteiger partial charge >= 0.3 is 0 Å². The number of amides is 1. The van der Waals surface area contributed by atoms with Crippen molar-refractivity contribution in [3.63, 3.8) is 0 Å². The summed E-state index contributed by atoms with van der Waals surface area (Å²) in [4.78, 5) is 25.6. The van der Waals surface area contributed by atoms with E-state index in [1.54, 1.807) is 31.8 Å². The van der Waals surface area contributed by atoms with Gasteiger partial charge in [0.1, 0.15) is 4.88 Å². The van der Waals surface area contributed by atoms with Gasteiger partial charge < -0.3 is 15.4 Å². The molecule has 8 heteroatoms. The Kier molecular flexibility index (Phi) is 5.49. The Labute approximate surface area is 144 Å². The highest BCUT2D eigenvalue weighted by molar-refractivity contribution is 7.16. The maximum Gasteiger partial charge on any atom is 0.263 e. The summed E-state index contributed by atoms with van der Waals surface area (Å²) < 4.78 is 5.38. The Morgan fingerprint density at radius 2 is 2.08 bits per heavy atom. The van der Waals surface area contributed by atoms with E-state index in [4.69, 9.17) is 4.74 Å². The van der Waals surface area contributed by atoms with Crippen LogP contribution in [0.2, 0.25) is 0 Å². The number of carbonyl (C=O) groups is 1. The van der Waals surface area contributed by atoms with Crippen molar-refractivity contribution in [3.8, 4) is 10.8 Å². The van der Waals surface area contributed by atoms with E-state index in [1.807, 2.05) is 0 Å². The summed E-state index contributed by atoms with van der Waals surface area (Å²) in [5.74, 6) is 0.430. The number of thiazole rings is 1. The highest BCUT2D eigenvalue weighted by atomic mass is 32.1. The molecule has 0 aliphatic carbocycles. The van der Waals surface area contributed by atoms with E-state index in [2.05, 4.69) is 25.6 Å². The number of aromatic nitrogens is 3. The van der Waals surface area contributed by atoms with Crippen LogP contribution in [0, 0.1) is 5.41 Å². The van der Waals surface area contributed by atoms with Crippen molar-refractivity contribution in [2.75, 3.05) is 33.4 Å². The molecule has 128 valence electrons. The van der Waals surface area contributed by atoms with Crippen LogP contribution in [0.4, 0.5) is 0 Å². The molecular formula is C16H21N5O2S. The van der Waals surface area contributed by atoms with E-state index < -0.39 is 0 Å². The number of nitrogens with zero attached hydrogens (tertiary/aromatic N) is 3. The fraction of sp³-hybridized carbons (Fsp3) is 0.500. The fourth-order valence-corrected chi connectivity index (χ4v) is 3.66. The van der Waals surface area contributed by atoms with Crippen molar-refractivity contribution in [2.24, 2.45) is 5.41 Å². The smallest absolute Gasteiger partial charge is 0.263 e. The van der Waals surface area contributed by atoms with E-state index in [1.165, 1.54) is 11.3 Å². The minimum atomic E-state index is -0.108. The number of nitrogens with one attached hydrogen (secondary N) is 2. The SMILES string of the molecule is COCC1(CNC(=O)c2cnc(-c3ncccn3)s2)CCNCC1. The largest absolute Gasteiger partial charge is 0.384 e. The average Bonchev–Trinajstić information content (AvgIpc) is 3.12. The first-order valence-electron chi connectivity index (χ1n) is 7.93. The predicted molar refractivity (Wildman–Crippen MR) is 91.9 cm³/mol. The minimum Gasteiger partial charge on any atom is -0.384 e. The minimum absolute atomic E-state index is 0.00567. The molecule has 24 heavy (non-hydrogen) atoms. The number of hydrogen-bond donors (Lipinski definition) is 2. The lowest BCUT2D eigenvalue weighted by Gasteiger charge is -2.37. The molecule has 0 aromatic carbocycles. The normalized spacial score (nSPS) is 16.7. The molecule has 0 radical (unpaired) electrons. The van der Waals surface area contributed by atoms with Crippen molar-refractivity contribution in [1.29, 1.82) is 0 Å². The van der Waals surface area contributed by atoms with Crippen LogP contribution in [-0.4, -0.2) is 54.2 Å². The van der Waals surface area contributed by atoms with Crippen LogP contribution in [0.3, 0.4) is 0 Å². The van der Waals surface area contributed by atoms with E-state index in [-0.39, 0.29) is 11.3 Å². The van der Waals surface area contributed by atoms with E-state index >= 15 is 0 Å². The summed E-state index contributed by atoms with van der Waals surface area (Å²) in [6.07, 6.45) is 6.89. The summed E-state index contributed by atoms with van der Waals surface area (Å²) in [7, 11) is 1.71. The second-order valence-corrected chi connectivity index (χ2v) is 7.00. The maximum atomic E-state index is 12.4. The molecule has 7 nitrogen and oxygen atoms in total. The third kappa shape index (κ3) is 3.95. The number of methoxy groups -OCH3 is 1. The molecule has 1 saturated heterocycles. The third-order valence-electron chi connectivity index (χ3n) is 4.23. The number of hydrogen-bond acceptors (Lipinski definition) is 7. The third-order valence-corrected chi connectivity index (χ3v) is 5.22. The highest BCUT2D eigenvalue weighted by Gasteiger charge is 2.32. The van der Waals surface area contributed by atoms with Crippen molar-refractivity contribution in [2.45, 2.75) is 12.8 Å². The Bertz CT molecular complexity index is 665. The molecule has 1 amide bonds. The molecule has 0 bridgehead atoms. The van der Waals surface area contributed by atoms with Crippen molar-refractivity contribution in [1.82, 2.24) is 25.6 Å². The number of rotatable bonds is 6. The molecule has 2 aromatic heterocycles.